The first-order valence-corrected chi connectivity index (χ1v) is 7.08. The minimum Gasteiger partial charge on any atom is -0.480 e. The largest absolute Gasteiger partial charge is 0.480 e. The Balaban J connectivity index is 2.50. The van der Waals surface area contributed by atoms with Gasteiger partial charge in [0.2, 0.25) is 5.91 Å². The first kappa shape index (κ1) is 15.6. The van der Waals surface area contributed by atoms with E-state index in [0.717, 1.165) is 32.1 Å². The van der Waals surface area contributed by atoms with Gasteiger partial charge in [-0.2, -0.15) is 0 Å². The number of carboxylic acids is 1. The molecule has 1 aliphatic carbocycles. The van der Waals surface area contributed by atoms with Gasteiger partial charge in [-0.15, -0.1) is 12.3 Å². The van der Waals surface area contributed by atoms with E-state index in [4.69, 9.17) is 6.42 Å². The first-order valence-electron chi connectivity index (χ1n) is 7.08. The van der Waals surface area contributed by atoms with E-state index in [2.05, 4.69) is 11.2 Å². The summed E-state index contributed by atoms with van der Waals surface area (Å²) in [5, 5.41) is 12.2. The molecule has 0 radical (unpaired) electrons. The quantitative estimate of drug-likeness (QED) is 0.440. The molecule has 106 valence electrons. The molecule has 0 aromatic carbocycles. The van der Waals surface area contributed by atoms with E-state index in [1.807, 2.05) is 0 Å². The Kier molecular flexibility index (Phi) is 6.41. The highest BCUT2D eigenvalue weighted by molar-refractivity contribution is 5.87. The summed E-state index contributed by atoms with van der Waals surface area (Å²) in [6, 6.07) is 0. The van der Waals surface area contributed by atoms with E-state index in [0.29, 0.717) is 32.1 Å². The summed E-state index contributed by atoms with van der Waals surface area (Å²) in [6.45, 7) is 0. The Hall–Kier alpha value is -1.50. The predicted molar refractivity (Wildman–Crippen MR) is 73.5 cm³/mol. The lowest BCUT2D eigenvalue weighted by molar-refractivity contribution is -0.148. The van der Waals surface area contributed by atoms with Crippen molar-refractivity contribution in [2.75, 3.05) is 0 Å². The average Bonchev–Trinajstić information content (AvgIpc) is 2.61. The fourth-order valence-corrected chi connectivity index (χ4v) is 2.57. The van der Waals surface area contributed by atoms with Gasteiger partial charge in [0.25, 0.3) is 0 Å². The number of aliphatic carboxylic acids is 1. The molecule has 1 rings (SSSR count). The van der Waals surface area contributed by atoms with Crippen molar-refractivity contribution >= 4 is 11.9 Å². The highest BCUT2D eigenvalue weighted by Gasteiger charge is 2.39. The summed E-state index contributed by atoms with van der Waals surface area (Å²) in [5.41, 5.74) is -1.04. The van der Waals surface area contributed by atoms with Crippen molar-refractivity contribution in [2.24, 2.45) is 0 Å². The molecule has 19 heavy (non-hydrogen) atoms. The van der Waals surface area contributed by atoms with Crippen molar-refractivity contribution in [3.05, 3.63) is 0 Å². The second-order valence-corrected chi connectivity index (χ2v) is 5.26. The van der Waals surface area contributed by atoms with Crippen LogP contribution >= 0.6 is 0 Å². The Bertz CT molecular complexity index is 349. The van der Waals surface area contributed by atoms with E-state index in [-0.39, 0.29) is 5.91 Å². The molecule has 1 aliphatic rings. The van der Waals surface area contributed by atoms with Crippen molar-refractivity contribution in [1.82, 2.24) is 5.32 Å². The van der Waals surface area contributed by atoms with Crippen molar-refractivity contribution in [3.63, 3.8) is 0 Å². The maximum Gasteiger partial charge on any atom is 0.329 e. The number of amides is 1. The fraction of sp³-hybridized carbons (Fsp3) is 0.733. The molecule has 0 atom stereocenters. The number of carbonyl (C=O) groups excluding carboxylic acids is 1. The lowest BCUT2D eigenvalue weighted by atomic mass is 9.90. The van der Waals surface area contributed by atoms with Crippen LogP contribution in [0, 0.1) is 12.3 Å². The Labute approximate surface area is 115 Å². The van der Waals surface area contributed by atoms with Crippen LogP contribution in [-0.4, -0.2) is 22.5 Å². The summed E-state index contributed by atoms with van der Waals surface area (Å²) in [5.74, 6) is 1.47. The number of carboxylic acid groups (broad SMARTS) is 1. The third-order valence-electron chi connectivity index (χ3n) is 3.72. The number of rotatable bonds is 6. The average molecular weight is 265 g/mol. The molecule has 0 aromatic rings. The van der Waals surface area contributed by atoms with E-state index < -0.39 is 11.5 Å². The van der Waals surface area contributed by atoms with Gasteiger partial charge in [-0.25, -0.2) is 4.79 Å². The zero-order valence-corrected chi connectivity index (χ0v) is 11.4. The molecule has 1 fully saturated rings. The second-order valence-electron chi connectivity index (χ2n) is 5.26. The van der Waals surface area contributed by atoms with Gasteiger partial charge >= 0.3 is 5.97 Å². The summed E-state index contributed by atoms with van der Waals surface area (Å²) < 4.78 is 0. The third-order valence-corrected chi connectivity index (χ3v) is 3.72. The molecule has 4 heteroatoms. The van der Waals surface area contributed by atoms with Crippen molar-refractivity contribution < 1.29 is 14.7 Å². The van der Waals surface area contributed by atoms with Gasteiger partial charge in [0, 0.05) is 12.8 Å². The Morgan fingerprint density at radius 1 is 1.16 bits per heavy atom. The maximum absolute atomic E-state index is 11.9. The molecule has 4 nitrogen and oxygen atoms in total. The van der Waals surface area contributed by atoms with E-state index in [9.17, 15) is 14.7 Å². The lowest BCUT2D eigenvalue weighted by Crippen LogP contribution is -2.54. The van der Waals surface area contributed by atoms with E-state index >= 15 is 0 Å². The van der Waals surface area contributed by atoms with Crippen LogP contribution in [0.3, 0.4) is 0 Å². The molecule has 0 aliphatic heterocycles. The molecular formula is C15H23NO3. The lowest BCUT2D eigenvalue weighted by Gasteiger charge is -2.29. The Morgan fingerprint density at radius 3 is 2.32 bits per heavy atom. The summed E-state index contributed by atoms with van der Waals surface area (Å²) >= 11 is 0. The van der Waals surface area contributed by atoms with Gasteiger partial charge < -0.3 is 10.4 Å². The van der Waals surface area contributed by atoms with Crippen LogP contribution in [0.5, 0.6) is 0 Å². The van der Waals surface area contributed by atoms with Gasteiger partial charge in [-0.3, -0.25) is 4.79 Å². The summed E-state index contributed by atoms with van der Waals surface area (Å²) in [6.07, 6.45) is 12.6. The molecule has 0 bridgehead atoms. The molecule has 0 saturated heterocycles. The van der Waals surface area contributed by atoms with Crippen LogP contribution < -0.4 is 5.32 Å². The smallest absolute Gasteiger partial charge is 0.329 e. The van der Waals surface area contributed by atoms with Crippen molar-refractivity contribution in [1.29, 1.82) is 0 Å². The van der Waals surface area contributed by atoms with Crippen LogP contribution in [0.1, 0.15) is 64.2 Å². The van der Waals surface area contributed by atoms with Crippen LogP contribution in [0.15, 0.2) is 0 Å². The minimum absolute atomic E-state index is 0.165. The molecule has 1 saturated carbocycles. The normalized spacial score (nSPS) is 18.1. The second kappa shape index (κ2) is 7.83. The zero-order valence-electron chi connectivity index (χ0n) is 11.4. The molecule has 0 unspecified atom stereocenters. The van der Waals surface area contributed by atoms with Crippen LogP contribution in [0.4, 0.5) is 0 Å². The van der Waals surface area contributed by atoms with Gasteiger partial charge in [0.15, 0.2) is 0 Å². The minimum atomic E-state index is -1.04. The highest BCUT2D eigenvalue weighted by Crippen LogP contribution is 2.27. The molecule has 1 amide bonds. The zero-order chi connectivity index (χ0) is 14.1. The van der Waals surface area contributed by atoms with E-state index in [1.54, 1.807) is 0 Å². The molecular weight excluding hydrogens is 242 g/mol. The summed E-state index contributed by atoms with van der Waals surface area (Å²) in [7, 11) is 0. The van der Waals surface area contributed by atoms with Crippen molar-refractivity contribution in [2.45, 2.75) is 69.7 Å². The van der Waals surface area contributed by atoms with Gasteiger partial charge in [-0.05, 0) is 25.7 Å². The third kappa shape index (κ3) is 4.94. The fourth-order valence-electron chi connectivity index (χ4n) is 2.57. The van der Waals surface area contributed by atoms with E-state index in [1.165, 1.54) is 0 Å². The SMILES string of the molecule is C#CCCCCC(=O)NC1(C(=O)O)CCCCCC1. The number of carbonyl (C=O) groups is 2. The molecule has 0 aromatic heterocycles. The predicted octanol–water partition coefficient (Wildman–Crippen LogP) is 2.47. The topological polar surface area (TPSA) is 66.4 Å². The standard InChI is InChI=1S/C15H23NO3/c1-2-3-4-7-10-13(17)16-15(14(18)19)11-8-5-6-9-12-15/h1H,3-12H2,(H,16,17)(H,18,19). The number of unbranched alkanes of at least 4 members (excludes halogenated alkanes) is 2. The number of hydrogen-bond donors (Lipinski definition) is 2. The highest BCUT2D eigenvalue weighted by atomic mass is 16.4. The monoisotopic (exact) mass is 265 g/mol. The molecule has 0 heterocycles. The summed E-state index contributed by atoms with van der Waals surface area (Å²) in [4.78, 5) is 23.4. The van der Waals surface area contributed by atoms with Gasteiger partial charge in [0.05, 0.1) is 0 Å². The Morgan fingerprint density at radius 2 is 1.79 bits per heavy atom. The first-order chi connectivity index (χ1) is 9.10. The maximum atomic E-state index is 11.9. The number of terminal acetylenes is 1. The van der Waals surface area contributed by atoms with Crippen LogP contribution in [-0.2, 0) is 9.59 Å². The van der Waals surface area contributed by atoms with Gasteiger partial charge in [0.1, 0.15) is 5.54 Å². The number of nitrogens with one attached hydrogen (secondary N) is 1. The number of hydrogen-bond acceptors (Lipinski definition) is 2. The molecule has 2 N–H and O–H groups in total. The van der Waals surface area contributed by atoms with Crippen molar-refractivity contribution in [3.8, 4) is 12.3 Å². The molecule has 0 spiro atoms. The van der Waals surface area contributed by atoms with Crippen LogP contribution in [0.2, 0.25) is 0 Å². The van der Waals surface area contributed by atoms with Crippen LogP contribution in [0.25, 0.3) is 0 Å². The van der Waals surface area contributed by atoms with Gasteiger partial charge in [-0.1, -0.05) is 25.7 Å².